The molecule has 1 saturated heterocycles. The van der Waals surface area contributed by atoms with Crippen molar-refractivity contribution in [3.8, 4) is 5.75 Å². The zero-order chi connectivity index (χ0) is 18.7. The minimum atomic E-state index is -0.178. The van der Waals surface area contributed by atoms with E-state index in [4.69, 9.17) is 4.74 Å². The van der Waals surface area contributed by atoms with Crippen LogP contribution in [0.2, 0.25) is 0 Å². The number of benzene rings is 2. The van der Waals surface area contributed by atoms with Crippen LogP contribution in [0.4, 0.5) is 16.2 Å². The van der Waals surface area contributed by atoms with Crippen LogP contribution in [0.3, 0.4) is 0 Å². The van der Waals surface area contributed by atoms with Gasteiger partial charge in [-0.3, -0.25) is 9.69 Å². The molecule has 0 saturated carbocycles. The van der Waals surface area contributed by atoms with E-state index in [1.54, 1.807) is 37.9 Å². The van der Waals surface area contributed by atoms with Gasteiger partial charge in [-0.1, -0.05) is 12.1 Å². The van der Waals surface area contributed by atoms with E-state index in [0.29, 0.717) is 5.75 Å². The SMILES string of the molecule is COc1ccc(N2C(=O)CS[C@H]2c2ccc(NC(=O)N(C)C)cc2)cc1. The number of hydrogen-bond acceptors (Lipinski definition) is 4. The number of thioether (sulfide) groups is 1. The van der Waals surface area contributed by atoms with Crippen molar-refractivity contribution < 1.29 is 14.3 Å². The molecule has 1 fully saturated rings. The Morgan fingerprint density at radius 3 is 2.38 bits per heavy atom. The van der Waals surface area contributed by atoms with Crippen LogP contribution < -0.4 is 15.0 Å². The summed E-state index contributed by atoms with van der Waals surface area (Å²) in [6, 6.07) is 14.9. The molecule has 1 N–H and O–H groups in total. The Kier molecular flexibility index (Phi) is 5.37. The first-order valence-corrected chi connectivity index (χ1v) is 9.20. The van der Waals surface area contributed by atoms with Gasteiger partial charge < -0.3 is 15.0 Å². The first kappa shape index (κ1) is 18.1. The number of hydrogen-bond donors (Lipinski definition) is 1. The third-order valence-electron chi connectivity index (χ3n) is 4.07. The monoisotopic (exact) mass is 371 g/mol. The fourth-order valence-electron chi connectivity index (χ4n) is 2.66. The van der Waals surface area contributed by atoms with Gasteiger partial charge in [-0.05, 0) is 42.0 Å². The molecule has 136 valence electrons. The predicted molar refractivity (Wildman–Crippen MR) is 105 cm³/mol. The second-order valence-electron chi connectivity index (χ2n) is 6.07. The highest BCUT2D eigenvalue weighted by Crippen LogP contribution is 2.42. The third-order valence-corrected chi connectivity index (χ3v) is 5.28. The second kappa shape index (κ2) is 7.70. The Hall–Kier alpha value is -2.67. The quantitative estimate of drug-likeness (QED) is 0.893. The van der Waals surface area contributed by atoms with E-state index in [0.717, 1.165) is 22.7 Å². The number of methoxy groups -OCH3 is 1. The maximum atomic E-state index is 12.4. The van der Waals surface area contributed by atoms with Gasteiger partial charge in [0, 0.05) is 25.5 Å². The highest BCUT2D eigenvalue weighted by molar-refractivity contribution is 8.00. The molecule has 0 aliphatic carbocycles. The van der Waals surface area contributed by atoms with Gasteiger partial charge in [-0.15, -0.1) is 11.8 Å². The van der Waals surface area contributed by atoms with Crippen molar-refractivity contribution in [3.05, 3.63) is 54.1 Å². The van der Waals surface area contributed by atoms with Crippen LogP contribution in [0.5, 0.6) is 5.75 Å². The molecule has 1 heterocycles. The minimum absolute atomic E-state index is 0.0788. The van der Waals surface area contributed by atoms with Crippen molar-refractivity contribution in [1.82, 2.24) is 4.90 Å². The molecule has 3 rings (SSSR count). The van der Waals surface area contributed by atoms with E-state index in [1.807, 2.05) is 48.5 Å². The first-order valence-electron chi connectivity index (χ1n) is 8.15. The third kappa shape index (κ3) is 3.77. The van der Waals surface area contributed by atoms with E-state index < -0.39 is 0 Å². The fourth-order valence-corrected chi connectivity index (χ4v) is 3.84. The normalized spacial score (nSPS) is 16.5. The summed E-state index contributed by atoms with van der Waals surface area (Å²) >= 11 is 1.59. The maximum Gasteiger partial charge on any atom is 0.321 e. The summed E-state index contributed by atoms with van der Waals surface area (Å²) in [7, 11) is 5.00. The van der Waals surface area contributed by atoms with Gasteiger partial charge in [0.1, 0.15) is 11.1 Å². The molecule has 1 aliphatic rings. The summed E-state index contributed by atoms with van der Waals surface area (Å²) in [4.78, 5) is 27.4. The number of anilines is 2. The average Bonchev–Trinajstić information content (AvgIpc) is 3.04. The lowest BCUT2D eigenvalue weighted by atomic mass is 10.1. The van der Waals surface area contributed by atoms with Crippen LogP contribution in [0.1, 0.15) is 10.9 Å². The zero-order valence-electron chi connectivity index (χ0n) is 14.9. The van der Waals surface area contributed by atoms with Gasteiger partial charge in [0.2, 0.25) is 5.91 Å². The van der Waals surface area contributed by atoms with Crippen molar-refractivity contribution in [2.75, 3.05) is 37.2 Å². The van der Waals surface area contributed by atoms with Crippen LogP contribution in [0, 0.1) is 0 Å². The molecule has 2 aromatic rings. The Labute approximate surface area is 157 Å². The summed E-state index contributed by atoms with van der Waals surface area (Å²) in [5.41, 5.74) is 2.58. The number of carbonyl (C=O) groups is 2. The van der Waals surface area contributed by atoms with Crippen LogP contribution in [-0.4, -0.2) is 43.8 Å². The summed E-state index contributed by atoms with van der Waals surface area (Å²) in [5, 5.41) is 2.72. The fraction of sp³-hybridized carbons (Fsp3) is 0.263. The summed E-state index contributed by atoms with van der Waals surface area (Å²) < 4.78 is 5.19. The van der Waals surface area contributed by atoms with E-state index in [-0.39, 0.29) is 17.3 Å². The molecule has 0 spiro atoms. The van der Waals surface area contributed by atoms with E-state index >= 15 is 0 Å². The lowest BCUT2D eigenvalue weighted by Crippen LogP contribution is -2.28. The Balaban J connectivity index is 1.80. The zero-order valence-corrected chi connectivity index (χ0v) is 15.7. The highest BCUT2D eigenvalue weighted by atomic mass is 32.2. The van der Waals surface area contributed by atoms with Crippen molar-refractivity contribution in [3.63, 3.8) is 0 Å². The van der Waals surface area contributed by atoms with Gasteiger partial charge in [-0.2, -0.15) is 0 Å². The summed E-state index contributed by atoms with van der Waals surface area (Å²) in [6.45, 7) is 0. The second-order valence-corrected chi connectivity index (χ2v) is 7.14. The van der Waals surface area contributed by atoms with E-state index in [2.05, 4.69) is 5.32 Å². The number of nitrogens with one attached hydrogen (secondary N) is 1. The van der Waals surface area contributed by atoms with Crippen LogP contribution in [0.15, 0.2) is 48.5 Å². The van der Waals surface area contributed by atoms with Gasteiger partial charge in [0.15, 0.2) is 0 Å². The number of urea groups is 1. The molecule has 6 nitrogen and oxygen atoms in total. The van der Waals surface area contributed by atoms with E-state index in [9.17, 15) is 9.59 Å². The number of ether oxygens (including phenoxy) is 1. The Bertz CT molecular complexity index is 791. The lowest BCUT2D eigenvalue weighted by Gasteiger charge is -2.24. The standard InChI is InChI=1S/C19H21N3O3S/c1-21(2)19(24)20-14-6-4-13(5-7-14)18-22(17(23)12-26-18)15-8-10-16(25-3)11-9-15/h4-11,18H,12H2,1-3H3,(H,20,24)/t18-/m0/s1. The summed E-state index contributed by atoms with van der Waals surface area (Å²) in [6.07, 6.45) is 0. The number of nitrogens with zero attached hydrogens (tertiary/aromatic N) is 2. The van der Waals surface area contributed by atoms with Crippen molar-refractivity contribution >= 4 is 35.1 Å². The molecular weight excluding hydrogens is 350 g/mol. The van der Waals surface area contributed by atoms with Crippen LogP contribution in [-0.2, 0) is 4.79 Å². The average molecular weight is 371 g/mol. The molecule has 1 aliphatic heterocycles. The topological polar surface area (TPSA) is 61.9 Å². The minimum Gasteiger partial charge on any atom is -0.497 e. The number of rotatable bonds is 4. The van der Waals surface area contributed by atoms with Crippen LogP contribution in [0.25, 0.3) is 0 Å². The van der Waals surface area contributed by atoms with Gasteiger partial charge in [-0.25, -0.2) is 4.79 Å². The smallest absolute Gasteiger partial charge is 0.321 e. The molecule has 3 amide bonds. The van der Waals surface area contributed by atoms with Gasteiger partial charge >= 0.3 is 6.03 Å². The largest absolute Gasteiger partial charge is 0.497 e. The molecule has 7 heteroatoms. The van der Waals surface area contributed by atoms with Crippen LogP contribution >= 0.6 is 11.8 Å². The van der Waals surface area contributed by atoms with Crippen molar-refractivity contribution in [2.24, 2.45) is 0 Å². The lowest BCUT2D eigenvalue weighted by molar-refractivity contribution is -0.115. The molecule has 2 aromatic carbocycles. The van der Waals surface area contributed by atoms with Crippen molar-refractivity contribution in [2.45, 2.75) is 5.37 Å². The van der Waals surface area contributed by atoms with Gasteiger partial charge in [0.25, 0.3) is 0 Å². The molecular formula is C19H21N3O3S. The molecule has 26 heavy (non-hydrogen) atoms. The van der Waals surface area contributed by atoms with Crippen molar-refractivity contribution in [1.29, 1.82) is 0 Å². The first-order chi connectivity index (χ1) is 12.5. The highest BCUT2D eigenvalue weighted by Gasteiger charge is 2.34. The molecule has 0 unspecified atom stereocenters. The number of amides is 3. The summed E-state index contributed by atoms with van der Waals surface area (Å²) in [5.74, 6) is 1.27. The maximum absolute atomic E-state index is 12.4. The Morgan fingerprint density at radius 1 is 1.15 bits per heavy atom. The molecule has 0 aromatic heterocycles. The predicted octanol–water partition coefficient (Wildman–Crippen LogP) is 3.57. The van der Waals surface area contributed by atoms with E-state index in [1.165, 1.54) is 4.90 Å². The molecule has 1 atom stereocenters. The van der Waals surface area contributed by atoms with Gasteiger partial charge in [0.05, 0.1) is 12.9 Å². The molecule has 0 bridgehead atoms. The number of carbonyl (C=O) groups excluding carboxylic acids is 2. The Morgan fingerprint density at radius 2 is 1.81 bits per heavy atom. The molecule has 0 radical (unpaired) electrons.